The lowest BCUT2D eigenvalue weighted by molar-refractivity contribution is -0.138. The monoisotopic (exact) mass is 539 g/mol. The van der Waals surface area contributed by atoms with Crippen LogP contribution in [0.5, 0.6) is 0 Å². The molecule has 0 amide bonds. The fraction of sp³-hybridized carbons (Fsp3) is 0.314. The summed E-state index contributed by atoms with van der Waals surface area (Å²) in [5, 5.41) is 0. The number of anilines is 3. The van der Waals surface area contributed by atoms with E-state index in [0.29, 0.717) is 19.6 Å². The van der Waals surface area contributed by atoms with E-state index in [-0.39, 0.29) is 0 Å². The highest BCUT2D eigenvalue weighted by atomic mass is 16.5. The van der Waals surface area contributed by atoms with Gasteiger partial charge in [-0.15, -0.1) is 0 Å². The first-order chi connectivity index (χ1) is 19.2. The molecule has 0 aliphatic heterocycles. The third-order valence-electron chi connectivity index (χ3n) is 7.63. The Hall–Kier alpha value is -4.12. The zero-order chi connectivity index (χ0) is 29.2. The van der Waals surface area contributed by atoms with Crippen molar-refractivity contribution in [1.82, 2.24) is 0 Å². The van der Waals surface area contributed by atoms with Gasteiger partial charge in [-0.05, 0) is 117 Å². The van der Waals surface area contributed by atoms with Crippen molar-refractivity contribution in [3.63, 3.8) is 0 Å². The first-order valence-corrected chi connectivity index (χ1v) is 13.8. The number of carbonyl (C=O) groups excluding carboxylic acids is 2. The van der Waals surface area contributed by atoms with E-state index in [0.717, 1.165) is 30.6 Å². The van der Waals surface area contributed by atoms with E-state index in [1.54, 1.807) is 0 Å². The number of ether oxygens (including phenoxy) is 2. The Balaban J connectivity index is 2.01. The van der Waals surface area contributed by atoms with Gasteiger partial charge in [-0.3, -0.25) is 0 Å². The molecule has 0 N–H and O–H groups in total. The molecule has 210 valence electrons. The number of esters is 2. The number of carbonyl (C=O) groups is 2. The fourth-order valence-electron chi connectivity index (χ4n) is 4.96. The first kappa shape index (κ1) is 30.4. The summed E-state index contributed by atoms with van der Waals surface area (Å²) >= 11 is 0. The molecule has 0 heterocycles. The molecule has 3 rings (SSSR count). The highest BCUT2D eigenvalue weighted by Gasteiger charge is 2.22. The number of para-hydroxylation sites is 1. The molecule has 5 heteroatoms. The maximum atomic E-state index is 11.5. The molecule has 0 radical (unpaired) electrons. The number of hydrogen-bond donors (Lipinski definition) is 0. The van der Waals surface area contributed by atoms with Gasteiger partial charge in [0.2, 0.25) is 0 Å². The zero-order valence-electron chi connectivity index (χ0n) is 24.5. The van der Waals surface area contributed by atoms with Crippen LogP contribution in [0.25, 0.3) is 0 Å². The molecule has 0 saturated carbocycles. The van der Waals surface area contributed by atoms with E-state index in [4.69, 9.17) is 9.47 Å². The van der Waals surface area contributed by atoms with Gasteiger partial charge in [0.1, 0.15) is 0 Å². The maximum Gasteiger partial charge on any atom is 0.330 e. The van der Waals surface area contributed by atoms with Gasteiger partial charge >= 0.3 is 11.9 Å². The molecule has 3 aromatic rings. The minimum Gasteiger partial charge on any atom is -0.463 e. The van der Waals surface area contributed by atoms with Gasteiger partial charge < -0.3 is 14.4 Å². The van der Waals surface area contributed by atoms with Gasteiger partial charge in [0.15, 0.2) is 0 Å². The number of nitrogens with zero attached hydrogens (tertiary/aromatic N) is 1. The summed E-state index contributed by atoms with van der Waals surface area (Å²) in [4.78, 5) is 25.2. The van der Waals surface area contributed by atoms with Crippen molar-refractivity contribution in [2.45, 2.75) is 60.3 Å². The Morgan fingerprint density at radius 1 is 0.700 bits per heavy atom. The lowest BCUT2D eigenvalue weighted by Crippen LogP contribution is -2.17. The van der Waals surface area contributed by atoms with Crippen LogP contribution >= 0.6 is 0 Å². The summed E-state index contributed by atoms with van der Waals surface area (Å²) in [6.07, 6.45) is 5.42. The van der Waals surface area contributed by atoms with Gasteiger partial charge in [-0.1, -0.05) is 43.5 Å². The first-order valence-electron chi connectivity index (χ1n) is 13.8. The lowest BCUT2D eigenvalue weighted by Gasteiger charge is -2.32. The van der Waals surface area contributed by atoms with E-state index >= 15 is 0 Å². The minimum atomic E-state index is -0.397. The summed E-state index contributed by atoms with van der Waals surface area (Å²) < 4.78 is 10.4. The van der Waals surface area contributed by atoms with Crippen molar-refractivity contribution in [3.05, 3.63) is 113 Å². The standard InChI is InChI=1S/C35H41NO4/c1-8-33(37)39-22-12-14-29-18-20-31(21-19-29)36(35-27(6)25(4)24(3)26(5)28(35)7)32-17-11-10-15-30(32)16-13-23-40-34(38)9-2/h8-11,15,17-21H,1-2,12-14,16,22-23H2,3-7H3. The molecule has 40 heavy (non-hydrogen) atoms. The topological polar surface area (TPSA) is 55.8 Å². The maximum absolute atomic E-state index is 11.5. The largest absolute Gasteiger partial charge is 0.463 e. The van der Waals surface area contributed by atoms with Crippen LogP contribution in [0, 0.1) is 34.6 Å². The van der Waals surface area contributed by atoms with Crippen LogP contribution in [0.3, 0.4) is 0 Å². The smallest absolute Gasteiger partial charge is 0.330 e. The second-order valence-electron chi connectivity index (χ2n) is 10.1. The van der Waals surface area contributed by atoms with Crippen molar-refractivity contribution in [2.24, 2.45) is 0 Å². The van der Waals surface area contributed by atoms with Crippen LogP contribution in [-0.4, -0.2) is 25.2 Å². The quantitative estimate of drug-likeness (QED) is 0.125. The fourth-order valence-corrected chi connectivity index (χ4v) is 4.96. The molecule has 0 aliphatic carbocycles. The van der Waals surface area contributed by atoms with Crippen molar-refractivity contribution >= 4 is 29.0 Å². The van der Waals surface area contributed by atoms with Gasteiger partial charge in [0, 0.05) is 23.5 Å². The van der Waals surface area contributed by atoms with E-state index in [1.165, 1.54) is 56.8 Å². The summed E-state index contributed by atoms with van der Waals surface area (Å²) in [7, 11) is 0. The zero-order valence-corrected chi connectivity index (χ0v) is 24.5. The third kappa shape index (κ3) is 7.29. The Bertz CT molecular complexity index is 1340. The van der Waals surface area contributed by atoms with Crippen molar-refractivity contribution in [3.8, 4) is 0 Å². The second kappa shape index (κ2) is 14.3. The van der Waals surface area contributed by atoms with E-state index in [1.807, 2.05) is 0 Å². The number of benzene rings is 3. The molecule has 0 unspecified atom stereocenters. The van der Waals surface area contributed by atoms with Crippen molar-refractivity contribution in [2.75, 3.05) is 18.1 Å². The Labute approximate surface area is 239 Å². The summed E-state index contributed by atoms with van der Waals surface area (Å²) in [6.45, 7) is 18.6. The summed E-state index contributed by atoms with van der Waals surface area (Å²) in [5.74, 6) is -0.788. The number of aryl methyl sites for hydroxylation is 2. The molecular formula is C35H41NO4. The summed E-state index contributed by atoms with van der Waals surface area (Å²) in [6, 6.07) is 17.1. The van der Waals surface area contributed by atoms with Crippen molar-refractivity contribution in [1.29, 1.82) is 0 Å². The molecule has 3 aromatic carbocycles. The highest BCUT2D eigenvalue weighted by molar-refractivity contribution is 5.84. The normalized spacial score (nSPS) is 10.6. The predicted octanol–water partition coefficient (Wildman–Crippen LogP) is 8.02. The predicted molar refractivity (Wildman–Crippen MR) is 164 cm³/mol. The van der Waals surface area contributed by atoms with Crippen LogP contribution in [0.1, 0.15) is 51.8 Å². The van der Waals surface area contributed by atoms with Crippen molar-refractivity contribution < 1.29 is 19.1 Å². The highest BCUT2D eigenvalue weighted by Crippen LogP contribution is 2.43. The van der Waals surface area contributed by atoms with Gasteiger partial charge in [0.25, 0.3) is 0 Å². The molecular weight excluding hydrogens is 498 g/mol. The van der Waals surface area contributed by atoms with Gasteiger partial charge in [0.05, 0.1) is 18.9 Å². The average Bonchev–Trinajstić information content (AvgIpc) is 2.98. The van der Waals surface area contributed by atoms with E-state index in [9.17, 15) is 9.59 Å². The SMILES string of the molecule is C=CC(=O)OCCCc1ccc(N(c2ccccc2CCCOC(=O)C=C)c2c(C)c(C)c(C)c(C)c2C)cc1. The Morgan fingerprint density at radius 3 is 1.75 bits per heavy atom. The second-order valence-corrected chi connectivity index (χ2v) is 10.1. The summed E-state index contributed by atoms with van der Waals surface area (Å²) in [5.41, 5.74) is 12.1. The number of rotatable bonds is 13. The van der Waals surface area contributed by atoms with E-state index < -0.39 is 11.9 Å². The lowest BCUT2D eigenvalue weighted by atomic mass is 9.91. The van der Waals surface area contributed by atoms with Crippen LogP contribution < -0.4 is 4.90 Å². The third-order valence-corrected chi connectivity index (χ3v) is 7.63. The molecule has 0 fully saturated rings. The van der Waals surface area contributed by atoms with Crippen LogP contribution in [0.4, 0.5) is 17.1 Å². The minimum absolute atomic E-state index is 0.344. The Morgan fingerprint density at radius 2 is 1.20 bits per heavy atom. The molecule has 0 atom stereocenters. The number of hydrogen-bond acceptors (Lipinski definition) is 5. The molecule has 0 bridgehead atoms. The average molecular weight is 540 g/mol. The van der Waals surface area contributed by atoms with Crippen LogP contribution in [-0.2, 0) is 31.9 Å². The molecule has 0 saturated heterocycles. The molecule has 0 aliphatic rings. The van der Waals surface area contributed by atoms with Gasteiger partial charge in [-0.2, -0.15) is 0 Å². The van der Waals surface area contributed by atoms with Crippen LogP contribution in [0.15, 0.2) is 73.8 Å². The van der Waals surface area contributed by atoms with Gasteiger partial charge in [-0.25, -0.2) is 9.59 Å². The molecule has 0 spiro atoms. The Kier molecular flexibility index (Phi) is 10.9. The molecule has 5 nitrogen and oxygen atoms in total. The van der Waals surface area contributed by atoms with E-state index in [2.05, 4.69) is 101 Å². The van der Waals surface area contributed by atoms with Crippen LogP contribution in [0.2, 0.25) is 0 Å². The molecule has 0 aromatic heterocycles.